The van der Waals surface area contributed by atoms with Gasteiger partial charge in [-0.3, -0.25) is 0 Å². The van der Waals surface area contributed by atoms with E-state index in [9.17, 15) is 0 Å². The largest absolute Gasteiger partial charge is 0.381 e. The maximum absolute atomic E-state index is 4.83. The van der Waals surface area contributed by atoms with Gasteiger partial charge in [-0.15, -0.1) is 0 Å². The summed E-state index contributed by atoms with van der Waals surface area (Å²) >= 11 is 0. The second-order valence-electron chi connectivity index (χ2n) is 2.00. The molecule has 0 atom stereocenters. The van der Waals surface area contributed by atoms with Crippen LogP contribution in [-0.4, -0.2) is 13.7 Å². The number of hydrogen-bond donors (Lipinski definition) is 0. The van der Waals surface area contributed by atoms with Crippen LogP contribution in [0.15, 0.2) is 36.5 Å². The fraction of sp³-hybridized carbons (Fsp3) is 0.333. The van der Waals surface area contributed by atoms with Crippen LogP contribution in [0.1, 0.15) is 6.92 Å². The summed E-state index contributed by atoms with van der Waals surface area (Å²) in [4.78, 5) is 0. The third-order valence-electron chi connectivity index (χ3n) is 1.02. The highest BCUT2D eigenvalue weighted by atomic mass is 16.5. The van der Waals surface area contributed by atoms with Gasteiger partial charge in [-0.05, 0) is 6.92 Å². The van der Waals surface area contributed by atoms with Gasteiger partial charge in [-0.2, -0.15) is 0 Å². The zero-order chi connectivity index (χ0) is 7.82. The van der Waals surface area contributed by atoms with Crippen LogP contribution < -0.4 is 0 Å². The average Bonchev–Trinajstić information content (AvgIpc) is 1.89. The first-order chi connectivity index (χ1) is 4.81. The van der Waals surface area contributed by atoms with E-state index in [0.717, 1.165) is 0 Å². The molecule has 0 fully saturated rings. The van der Waals surface area contributed by atoms with Crippen molar-refractivity contribution in [1.29, 1.82) is 0 Å². The predicted molar refractivity (Wildman–Crippen MR) is 45.0 cm³/mol. The van der Waals surface area contributed by atoms with E-state index >= 15 is 0 Å². The Labute approximate surface area is 62.7 Å². The molecule has 10 heavy (non-hydrogen) atoms. The minimum atomic E-state index is 0.669. The Morgan fingerprint density at radius 3 is 2.80 bits per heavy atom. The van der Waals surface area contributed by atoms with Gasteiger partial charge in [0.05, 0.1) is 6.61 Å². The van der Waals surface area contributed by atoms with Gasteiger partial charge in [-0.1, -0.05) is 36.5 Å². The van der Waals surface area contributed by atoms with E-state index in [1.165, 1.54) is 5.57 Å². The molecular formula is C9H14O. The minimum Gasteiger partial charge on any atom is -0.381 e. The van der Waals surface area contributed by atoms with Crippen LogP contribution in [0.3, 0.4) is 0 Å². The molecule has 0 aromatic heterocycles. The van der Waals surface area contributed by atoms with Gasteiger partial charge in [0.2, 0.25) is 0 Å². The molecule has 0 heterocycles. The molecule has 0 aliphatic carbocycles. The topological polar surface area (TPSA) is 9.23 Å². The molecule has 1 heteroatoms. The SMILES string of the molecule is C=C/C=C(C)\C=C/COC. The number of ether oxygens (including phenoxy) is 1. The Balaban J connectivity index is 3.65. The lowest BCUT2D eigenvalue weighted by atomic mass is 10.2. The number of hydrogen-bond acceptors (Lipinski definition) is 1. The standard InChI is InChI=1S/C9H14O/c1-4-6-9(2)7-5-8-10-3/h4-7H,1,8H2,2-3H3/b7-5-,9-6-. The van der Waals surface area contributed by atoms with Crippen LogP contribution in [0.5, 0.6) is 0 Å². The Bertz CT molecular complexity index is 143. The van der Waals surface area contributed by atoms with Gasteiger partial charge in [0, 0.05) is 7.11 Å². The maximum atomic E-state index is 4.83. The molecule has 0 aliphatic rings. The molecule has 56 valence electrons. The van der Waals surface area contributed by atoms with Gasteiger partial charge in [-0.25, -0.2) is 0 Å². The summed E-state index contributed by atoms with van der Waals surface area (Å²) in [6.07, 6.45) is 7.69. The second-order valence-corrected chi connectivity index (χ2v) is 2.00. The van der Waals surface area contributed by atoms with E-state index in [2.05, 4.69) is 6.58 Å². The van der Waals surface area contributed by atoms with Crippen molar-refractivity contribution in [2.45, 2.75) is 6.92 Å². The van der Waals surface area contributed by atoms with E-state index < -0.39 is 0 Å². The first-order valence-electron chi connectivity index (χ1n) is 3.26. The monoisotopic (exact) mass is 138 g/mol. The quantitative estimate of drug-likeness (QED) is 0.542. The highest BCUT2D eigenvalue weighted by Crippen LogP contribution is 1.93. The smallest absolute Gasteiger partial charge is 0.0646 e. The molecule has 0 radical (unpaired) electrons. The van der Waals surface area contributed by atoms with Crippen molar-refractivity contribution in [1.82, 2.24) is 0 Å². The van der Waals surface area contributed by atoms with Crippen LogP contribution in [-0.2, 0) is 4.74 Å². The fourth-order valence-corrected chi connectivity index (χ4v) is 0.572. The summed E-state index contributed by atoms with van der Waals surface area (Å²) in [5.74, 6) is 0. The highest BCUT2D eigenvalue weighted by molar-refractivity contribution is 5.20. The third-order valence-corrected chi connectivity index (χ3v) is 1.02. The lowest BCUT2D eigenvalue weighted by molar-refractivity contribution is 0.234. The van der Waals surface area contributed by atoms with E-state index in [4.69, 9.17) is 4.74 Å². The summed E-state index contributed by atoms with van der Waals surface area (Å²) in [6, 6.07) is 0. The normalized spacial score (nSPS) is 12.4. The van der Waals surface area contributed by atoms with Crippen LogP contribution in [0.2, 0.25) is 0 Å². The van der Waals surface area contributed by atoms with Crippen molar-refractivity contribution in [3.63, 3.8) is 0 Å². The van der Waals surface area contributed by atoms with Crippen LogP contribution in [0, 0.1) is 0 Å². The fourth-order valence-electron chi connectivity index (χ4n) is 0.572. The van der Waals surface area contributed by atoms with Crippen molar-refractivity contribution >= 4 is 0 Å². The van der Waals surface area contributed by atoms with Crippen molar-refractivity contribution in [3.05, 3.63) is 36.5 Å². The molecule has 0 amide bonds. The maximum Gasteiger partial charge on any atom is 0.0646 e. The minimum absolute atomic E-state index is 0.669. The summed E-state index contributed by atoms with van der Waals surface area (Å²) in [6.45, 7) is 6.28. The molecule has 0 saturated heterocycles. The van der Waals surface area contributed by atoms with Gasteiger partial charge in [0.25, 0.3) is 0 Å². The average molecular weight is 138 g/mol. The summed E-state index contributed by atoms with van der Waals surface area (Å²) in [7, 11) is 1.68. The van der Waals surface area contributed by atoms with Crippen molar-refractivity contribution < 1.29 is 4.74 Å². The molecule has 0 spiro atoms. The van der Waals surface area contributed by atoms with Gasteiger partial charge in [0.15, 0.2) is 0 Å². The van der Waals surface area contributed by atoms with E-state index in [-0.39, 0.29) is 0 Å². The lowest BCUT2D eigenvalue weighted by Crippen LogP contribution is -1.80. The summed E-state index contributed by atoms with van der Waals surface area (Å²) in [5.41, 5.74) is 1.19. The molecule has 0 saturated carbocycles. The number of methoxy groups -OCH3 is 1. The van der Waals surface area contributed by atoms with Gasteiger partial charge in [0.1, 0.15) is 0 Å². The molecule has 0 rings (SSSR count). The van der Waals surface area contributed by atoms with E-state index in [0.29, 0.717) is 6.61 Å². The molecule has 0 aromatic rings. The van der Waals surface area contributed by atoms with E-state index in [1.54, 1.807) is 13.2 Å². The molecule has 0 aliphatic heterocycles. The summed E-state index contributed by atoms with van der Waals surface area (Å²) in [5, 5.41) is 0. The van der Waals surface area contributed by atoms with E-state index in [1.807, 2.05) is 25.2 Å². The third kappa shape index (κ3) is 5.32. The molecule has 0 unspecified atom stereocenters. The Hall–Kier alpha value is -0.820. The van der Waals surface area contributed by atoms with Gasteiger partial charge >= 0.3 is 0 Å². The Morgan fingerprint density at radius 2 is 2.30 bits per heavy atom. The molecule has 0 bridgehead atoms. The lowest BCUT2D eigenvalue weighted by Gasteiger charge is -1.88. The predicted octanol–water partition coefficient (Wildman–Crippen LogP) is 2.32. The van der Waals surface area contributed by atoms with Crippen molar-refractivity contribution in [2.75, 3.05) is 13.7 Å². The van der Waals surface area contributed by atoms with Crippen LogP contribution in [0.4, 0.5) is 0 Å². The molecule has 0 aromatic carbocycles. The summed E-state index contributed by atoms with van der Waals surface area (Å²) < 4.78 is 4.83. The number of allylic oxidation sites excluding steroid dienone is 4. The highest BCUT2D eigenvalue weighted by Gasteiger charge is 1.76. The Kier molecular flexibility index (Phi) is 5.79. The first kappa shape index (κ1) is 9.18. The van der Waals surface area contributed by atoms with Crippen LogP contribution in [0.25, 0.3) is 0 Å². The number of rotatable bonds is 4. The van der Waals surface area contributed by atoms with Crippen molar-refractivity contribution in [3.8, 4) is 0 Å². The second kappa shape index (κ2) is 6.30. The first-order valence-corrected chi connectivity index (χ1v) is 3.26. The zero-order valence-electron chi connectivity index (χ0n) is 6.63. The van der Waals surface area contributed by atoms with Crippen LogP contribution >= 0.6 is 0 Å². The molecular weight excluding hydrogens is 124 g/mol. The Morgan fingerprint density at radius 1 is 1.60 bits per heavy atom. The zero-order valence-corrected chi connectivity index (χ0v) is 6.63. The van der Waals surface area contributed by atoms with Crippen molar-refractivity contribution in [2.24, 2.45) is 0 Å². The molecule has 1 nitrogen and oxygen atoms in total. The van der Waals surface area contributed by atoms with Gasteiger partial charge < -0.3 is 4.74 Å². The molecule has 0 N–H and O–H groups in total.